The molecule has 0 saturated carbocycles. The molecule has 2 heterocycles. The Morgan fingerprint density at radius 3 is 2.64 bits per heavy atom. The van der Waals surface area contributed by atoms with Gasteiger partial charge in [-0.25, -0.2) is 0 Å². The van der Waals surface area contributed by atoms with Gasteiger partial charge in [0.25, 0.3) is 5.91 Å². The number of aromatic nitrogens is 1. The molecule has 1 unspecified atom stereocenters. The Morgan fingerprint density at radius 2 is 1.91 bits per heavy atom. The summed E-state index contributed by atoms with van der Waals surface area (Å²) in [6, 6.07) is 14.6. The van der Waals surface area contributed by atoms with Crippen molar-refractivity contribution in [1.29, 1.82) is 0 Å². The van der Waals surface area contributed by atoms with Crippen LogP contribution in [0.2, 0.25) is 0 Å². The molecular weight excluding hydrogens is 416 g/mol. The number of rotatable bonds is 7. The minimum Gasteiger partial charge on any atom is -0.359 e. The van der Waals surface area contributed by atoms with Gasteiger partial charge in [0, 0.05) is 54.8 Å². The number of anilines is 1. The van der Waals surface area contributed by atoms with E-state index >= 15 is 0 Å². The smallest absolute Gasteiger partial charge is 0.253 e. The molecule has 7 heteroatoms. The summed E-state index contributed by atoms with van der Waals surface area (Å²) in [5, 5.41) is 3.65. The van der Waals surface area contributed by atoms with Crippen LogP contribution < -0.4 is 5.32 Å². The van der Waals surface area contributed by atoms with Gasteiger partial charge in [-0.15, -0.1) is 6.58 Å². The highest BCUT2D eigenvalue weighted by Gasteiger charge is 2.30. The van der Waals surface area contributed by atoms with E-state index in [2.05, 4.69) is 21.8 Å². The molecule has 2 aromatic carbocycles. The third-order valence-corrected chi connectivity index (χ3v) is 6.07. The Morgan fingerprint density at radius 1 is 1.12 bits per heavy atom. The number of H-pyrrole nitrogens is 1. The number of piperazine rings is 1. The van der Waals surface area contributed by atoms with Gasteiger partial charge >= 0.3 is 0 Å². The first-order valence-electron chi connectivity index (χ1n) is 11.2. The Kier molecular flexibility index (Phi) is 6.70. The molecule has 1 fully saturated rings. The molecular formula is C26H28N4O3. The highest BCUT2D eigenvalue weighted by Crippen LogP contribution is 2.26. The monoisotopic (exact) mass is 444 g/mol. The number of nitrogens with one attached hydrogen (secondary N) is 2. The first-order chi connectivity index (χ1) is 16.0. The predicted octanol–water partition coefficient (Wildman–Crippen LogP) is 3.71. The van der Waals surface area contributed by atoms with Crippen molar-refractivity contribution in [3.8, 4) is 0 Å². The van der Waals surface area contributed by atoms with Crippen LogP contribution in [0.5, 0.6) is 0 Å². The summed E-state index contributed by atoms with van der Waals surface area (Å²) in [7, 11) is 0. The zero-order valence-electron chi connectivity index (χ0n) is 18.7. The Labute approximate surface area is 193 Å². The molecule has 33 heavy (non-hydrogen) atoms. The molecule has 3 aromatic rings. The molecule has 0 radical (unpaired) electrons. The van der Waals surface area contributed by atoms with E-state index < -0.39 is 0 Å². The molecule has 0 aliphatic carbocycles. The Balaban J connectivity index is 1.47. The molecule has 7 nitrogen and oxygen atoms in total. The van der Waals surface area contributed by atoms with Crippen LogP contribution in [0.1, 0.15) is 34.1 Å². The van der Waals surface area contributed by atoms with Gasteiger partial charge in [0.2, 0.25) is 5.91 Å². The van der Waals surface area contributed by atoms with Crippen LogP contribution in [-0.2, 0) is 4.79 Å². The standard InChI is InChI=1S/C26H28N4O3/c1-3-19-16-30(26(33)18-9-6-5-7-10-18)14-13-29(19)17-23(31)21-15-27-25-20(21)11-8-12-22(25)28-24(32)4-2/h3,5-12,15,19,27H,1,4,13-14,16-17H2,2H3,(H,28,32). The second kappa shape index (κ2) is 9.83. The molecule has 0 spiro atoms. The van der Waals surface area contributed by atoms with Crippen molar-refractivity contribution in [3.63, 3.8) is 0 Å². The second-order valence-corrected chi connectivity index (χ2v) is 8.15. The highest BCUT2D eigenvalue weighted by molar-refractivity contribution is 6.12. The molecule has 1 aromatic heterocycles. The lowest BCUT2D eigenvalue weighted by atomic mass is 10.1. The van der Waals surface area contributed by atoms with Gasteiger partial charge in [-0.1, -0.05) is 43.3 Å². The van der Waals surface area contributed by atoms with Crippen molar-refractivity contribution in [3.05, 3.63) is 78.5 Å². The van der Waals surface area contributed by atoms with Gasteiger partial charge in [0.05, 0.1) is 17.7 Å². The lowest BCUT2D eigenvalue weighted by molar-refractivity contribution is -0.115. The summed E-state index contributed by atoms with van der Waals surface area (Å²) in [5.74, 6) is -0.108. The Hall–Kier alpha value is -3.71. The van der Waals surface area contributed by atoms with Crippen molar-refractivity contribution in [1.82, 2.24) is 14.8 Å². The third kappa shape index (κ3) is 4.73. The van der Waals surface area contributed by atoms with E-state index in [0.717, 1.165) is 10.9 Å². The maximum atomic E-state index is 13.2. The van der Waals surface area contributed by atoms with Crippen LogP contribution in [0.15, 0.2) is 67.4 Å². The molecule has 1 saturated heterocycles. The van der Waals surface area contributed by atoms with E-state index in [1.165, 1.54) is 0 Å². The van der Waals surface area contributed by atoms with Crippen LogP contribution in [-0.4, -0.2) is 64.6 Å². The molecule has 1 atom stereocenters. The fourth-order valence-electron chi connectivity index (χ4n) is 4.21. The molecule has 0 bridgehead atoms. The normalized spacial score (nSPS) is 16.5. The highest BCUT2D eigenvalue weighted by atomic mass is 16.2. The number of ketones is 1. The summed E-state index contributed by atoms with van der Waals surface area (Å²) in [6.07, 6.45) is 3.88. The number of Topliss-reactive ketones (excluding diaryl/α,β-unsaturated/α-hetero) is 1. The second-order valence-electron chi connectivity index (χ2n) is 8.15. The fraction of sp³-hybridized carbons (Fsp3) is 0.269. The molecule has 2 amide bonds. The first kappa shape index (κ1) is 22.5. The molecule has 4 rings (SSSR count). The zero-order valence-corrected chi connectivity index (χ0v) is 18.7. The van der Waals surface area contributed by atoms with E-state index in [1.807, 2.05) is 53.4 Å². The van der Waals surface area contributed by atoms with E-state index in [-0.39, 0.29) is 30.2 Å². The van der Waals surface area contributed by atoms with Crippen molar-refractivity contribution in [2.75, 3.05) is 31.5 Å². The third-order valence-electron chi connectivity index (χ3n) is 6.07. The van der Waals surface area contributed by atoms with Gasteiger partial charge < -0.3 is 15.2 Å². The molecule has 170 valence electrons. The number of hydrogen-bond acceptors (Lipinski definition) is 4. The number of aromatic amines is 1. The predicted molar refractivity (Wildman–Crippen MR) is 129 cm³/mol. The van der Waals surface area contributed by atoms with Gasteiger partial charge in [-0.2, -0.15) is 0 Å². The number of hydrogen-bond donors (Lipinski definition) is 2. The van der Waals surface area contributed by atoms with Crippen molar-refractivity contribution < 1.29 is 14.4 Å². The Bertz CT molecular complexity index is 1180. The average molecular weight is 445 g/mol. The number of nitrogens with zero attached hydrogens (tertiary/aromatic N) is 2. The molecule has 1 aliphatic rings. The minimum absolute atomic E-state index is 0.00768. The van der Waals surface area contributed by atoms with Crippen LogP contribution in [0.25, 0.3) is 10.9 Å². The van der Waals surface area contributed by atoms with Crippen LogP contribution >= 0.6 is 0 Å². The van der Waals surface area contributed by atoms with Gasteiger partial charge in [-0.3, -0.25) is 19.3 Å². The molecule has 1 aliphatic heterocycles. The number of carbonyl (C=O) groups is 3. The largest absolute Gasteiger partial charge is 0.359 e. The summed E-state index contributed by atoms with van der Waals surface area (Å²) >= 11 is 0. The summed E-state index contributed by atoms with van der Waals surface area (Å²) < 4.78 is 0. The van der Waals surface area contributed by atoms with E-state index in [0.29, 0.717) is 42.9 Å². The average Bonchev–Trinajstić information content (AvgIpc) is 3.29. The van der Waals surface area contributed by atoms with Crippen molar-refractivity contribution >= 4 is 34.2 Å². The zero-order chi connectivity index (χ0) is 23.4. The van der Waals surface area contributed by atoms with Gasteiger partial charge in [0.15, 0.2) is 5.78 Å². The lowest BCUT2D eigenvalue weighted by Gasteiger charge is -2.39. The lowest BCUT2D eigenvalue weighted by Crippen LogP contribution is -2.55. The maximum Gasteiger partial charge on any atom is 0.253 e. The number of para-hydroxylation sites is 1. The summed E-state index contributed by atoms with van der Waals surface area (Å²) in [6.45, 7) is 7.57. The number of carbonyl (C=O) groups excluding carboxylic acids is 3. The fourth-order valence-corrected chi connectivity index (χ4v) is 4.21. The topological polar surface area (TPSA) is 85.5 Å². The van der Waals surface area contributed by atoms with Crippen LogP contribution in [0, 0.1) is 0 Å². The SMILES string of the molecule is C=CC1CN(C(=O)c2ccccc2)CCN1CC(=O)c1c[nH]c2c(NC(=O)CC)cccc12. The summed E-state index contributed by atoms with van der Waals surface area (Å²) in [5.41, 5.74) is 2.65. The van der Waals surface area contributed by atoms with Crippen LogP contribution in [0.3, 0.4) is 0 Å². The van der Waals surface area contributed by atoms with Crippen molar-refractivity contribution in [2.45, 2.75) is 19.4 Å². The number of amides is 2. The van der Waals surface area contributed by atoms with E-state index in [1.54, 1.807) is 19.2 Å². The molecule has 2 N–H and O–H groups in total. The number of fused-ring (bicyclic) bond motifs is 1. The summed E-state index contributed by atoms with van der Waals surface area (Å²) in [4.78, 5) is 44.9. The van der Waals surface area contributed by atoms with E-state index in [9.17, 15) is 14.4 Å². The van der Waals surface area contributed by atoms with Gasteiger partial charge in [0.1, 0.15) is 0 Å². The maximum absolute atomic E-state index is 13.2. The van der Waals surface area contributed by atoms with Crippen molar-refractivity contribution in [2.24, 2.45) is 0 Å². The minimum atomic E-state index is -0.111. The van der Waals surface area contributed by atoms with E-state index in [4.69, 9.17) is 0 Å². The quantitative estimate of drug-likeness (QED) is 0.430. The first-order valence-corrected chi connectivity index (χ1v) is 11.2. The van der Waals surface area contributed by atoms with Gasteiger partial charge in [-0.05, 0) is 18.2 Å². The van der Waals surface area contributed by atoms with Crippen LogP contribution in [0.4, 0.5) is 5.69 Å². The number of benzene rings is 2.